The van der Waals surface area contributed by atoms with Gasteiger partial charge in [-0.1, -0.05) is 6.07 Å². The van der Waals surface area contributed by atoms with Crippen molar-refractivity contribution in [3.8, 4) is 0 Å². The predicted octanol–water partition coefficient (Wildman–Crippen LogP) is 3.16. The van der Waals surface area contributed by atoms with Gasteiger partial charge in [0.2, 0.25) is 5.91 Å². The number of hydrogen-bond donors (Lipinski definition) is 2. The average Bonchev–Trinajstić information content (AvgIpc) is 2.85. The normalized spacial score (nSPS) is 10.8. The number of nitrogens with zero attached hydrogens (tertiary/aromatic N) is 1. The molecule has 0 radical (unpaired) electrons. The first-order chi connectivity index (χ1) is 9.54. The number of thiophene rings is 1. The van der Waals surface area contributed by atoms with Gasteiger partial charge in [-0.15, -0.1) is 11.3 Å². The Morgan fingerprint density at radius 3 is 2.90 bits per heavy atom. The maximum atomic E-state index is 12.0. The van der Waals surface area contributed by atoms with Gasteiger partial charge in [-0.05, 0) is 52.6 Å². The highest BCUT2D eigenvalue weighted by Gasteiger charge is 2.09. The molecule has 4 nitrogen and oxygen atoms in total. The van der Waals surface area contributed by atoms with Gasteiger partial charge in [0, 0.05) is 21.6 Å². The third-order valence-electron chi connectivity index (χ3n) is 2.69. The van der Waals surface area contributed by atoms with E-state index >= 15 is 0 Å². The molecule has 1 heterocycles. The summed E-state index contributed by atoms with van der Waals surface area (Å²) in [7, 11) is 1.93. The summed E-state index contributed by atoms with van der Waals surface area (Å²) in [6, 6.07) is 9.40. The van der Waals surface area contributed by atoms with Crippen LogP contribution in [0.15, 0.2) is 40.2 Å². The molecule has 1 amide bonds. The summed E-state index contributed by atoms with van der Waals surface area (Å²) < 4.78 is 0.784. The van der Waals surface area contributed by atoms with Gasteiger partial charge in [0.05, 0.1) is 12.2 Å². The monoisotopic (exact) mass is 353 g/mol. The van der Waals surface area contributed by atoms with Crippen molar-refractivity contribution in [1.82, 2.24) is 4.90 Å². The lowest BCUT2D eigenvalue weighted by Crippen LogP contribution is -2.29. The van der Waals surface area contributed by atoms with Crippen molar-refractivity contribution < 1.29 is 4.79 Å². The molecule has 2 rings (SSSR count). The molecule has 0 bridgehead atoms. The van der Waals surface area contributed by atoms with Crippen LogP contribution >= 0.6 is 27.3 Å². The largest absolute Gasteiger partial charge is 0.399 e. The Balaban J connectivity index is 1.88. The number of carbonyl (C=O) groups is 1. The van der Waals surface area contributed by atoms with Gasteiger partial charge in [0.25, 0.3) is 0 Å². The number of nitrogens with one attached hydrogen (secondary N) is 1. The van der Waals surface area contributed by atoms with Crippen LogP contribution in [0.1, 0.15) is 4.88 Å². The first kappa shape index (κ1) is 15.0. The number of carbonyl (C=O) groups excluding carboxylic acids is 1. The van der Waals surface area contributed by atoms with Crippen LogP contribution in [0.4, 0.5) is 11.4 Å². The smallest absolute Gasteiger partial charge is 0.238 e. The molecule has 0 unspecified atom stereocenters. The van der Waals surface area contributed by atoms with Crippen molar-refractivity contribution in [3.05, 3.63) is 45.1 Å². The first-order valence-electron chi connectivity index (χ1n) is 6.10. The minimum atomic E-state index is -0.0467. The van der Waals surface area contributed by atoms with Crippen molar-refractivity contribution in [2.24, 2.45) is 0 Å². The molecule has 0 aliphatic rings. The highest BCUT2D eigenvalue weighted by atomic mass is 79.9. The zero-order valence-electron chi connectivity index (χ0n) is 11.1. The molecule has 0 atom stereocenters. The number of hydrogen-bond acceptors (Lipinski definition) is 4. The maximum absolute atomic E-state index is 12.0. The van der Waals surface area contributed by atoms with E-state index < -0.39 is 0 Å². The summed E-state index contributed by atoms with van der Waals surface area (Å²) in [6.45, 7) is 1.11. The van der Waals surface area contributed by atoms with E-state index in [1.807, 2.05) is 23.4 Å². The maximum Gasteiger partial charge on any atom is 0.238 e. The van der Waals surface area contributed by atoms with Crippen LogP contribution in [0, 0.1) is 0 Å². The van der Waals surface area contributed by atoms with Crippen molar-refractivity contribution in [2.45, 2.75) is 6.54 Å². The van der Waals surface area contributed by atoms with E-state index in [4.69, 9.17) is 5.73 Å². The Kier molecular flexibility index (Phi) is 5.17. The highest BCUT2D eigenvalue weighted by Crippen LogP contribution is 2.24. The zero-order valence-corrected chi connectivity index (χ0v) is 13.5. The zero-order chi connectivity index (χ0) is 14.5. The van der Waals surface area contributed by atoms with Crippen LogP contribution in [0.25, 0.3) is 0 Å². The van der Waals surface area contributed by atoms with Crippen molar-refractivity contribution in [3.63, 3.8) is 0 Å². The Labute approximate surface area is 130 Å². The minimum Gasteiger partial charge on any atom is -0.399 e. The van der Waals surface area contributed by atoms with Gasteiger partial charge >= 0.3 is 0 Å². The lowest BCUT2D eigenvalue weighted by Gasteiger charge is -2.15. The molecule has 0 aliphatic heterocycles. The number of likely N-dealkylation sites (N-methyl/N-ethyl adjacent to an activating group) is 1. The molecule has 0 saturated heterocycles. The molecule has 2 aromatic rings. The SMILES string of the molecule is CN(CC(=O)Nc1ccc(N)cc1Br)Cc1cccs1. The molecule has 3 N–H and O–H groups in total. The van der Waals surface area contributed by atoms with Gasteiger partial charge in [-0.3, -0.25) is 9.69 Å². The average molecular weight is 354 g/mol. The number of rotatable bonds is 5. The minimum absolute atomic E-state index is 0.0467. The van der Waals surface area contributed by atoms with E-state index in [2.05, 4.69) is 27.3 Å². The van der Waals surface area contributed by atoms with Gasteiger partial charge in [0.1, 0.15) is 0 Å². The molecule has 0 aliphatic carbocycles. The van der Waals surface area contributed by atoms with E-state index in [-0.39, 0.29) is 5.91 Å². The van der Waals surface area contributed by atoms with E-state index in [9.17, 15) is 4.79 Å². The number of nitrogens with two attached hydrogens (primary N) is 1. The molecule has 0 saturated carbocycles. The van der Waals surface area contributed by atoms with Crippen LogP contribution in [-0.2, 0) is 11.3 Å². The number of halogens is 1. The quantitative estimate of drug-likeness (QED) is 0.811. The molecule has 1 aromatic carbocycles. The second-order valence-electron chi connectivity index (χ2n) is 4.54. The van der Waals surface area contributed by atoms with Crippen molar-refractivity contribution >= 4 is 44.5 Å². The number of nitrogen functional groups attached to an aromatic ring is 1. The summed E-state index contributed by atoms with van der Waals surface area (Å²) in [5.41, 5.74) is 7.05. The fourth-order valence-electron chi connectivity index (χ4n) is 1.79. The summed E-state index contributed by atoms with van der Waals surface area (Å²) in [5.74, 6) is -0.0467. The molecule has 1 aromatic heterocycles. The summed E-state index contributed by atoms with van der Waals surface area (Å²) in [5, 5.41) is 4.90. The highest BCUT2D eigenvalue weighted by molar-refractivity contribution is 9.10. The van der Waals surface area contributed by atoms with E-state index in [1.165, 1.54) is 4.88 Å². The van der Waals surface area contributed by atoms with Gasteiger partial charge in [-0.25, -0.2) is 0 Å². The van der Waals surface area contributed by atoms with Crippen LogP contribution in [-0.4, -0.2) is 24.4 Å². The summed E-state index contributed by atoms with van der Waals surface area (Å²) in [6.07, 6.45) is 0. The van der Waals surface area contributed by atoms with Gasteiger partial charge < -0.3 is 11.1 Å². The third-order valence-corrected chi connectivity index (χ3v) is 4.20. The Morgan fingerprint density at radius 2 is 2.25 bits per heavy atom. The number of benzene rings is 1. The molecule has 0 spiro atoms. The number of amides is 1. The summed E-state index contributed by atoms with van der Waals surface area (Å²) >= 11 is 5.08. The van der Waals surface area contributed by atoms with Crippen LogP contribution < -0.4 is 11.1 Å². The van der Waals surface area contributed by atoms with Crippen LogP contribution in [0.2, 0.25) is 0 Å². The van der Waals surface area contributed by atoms with Crippen molar-refractivity contribution in [2.75, 3.05) is 24.6 Å². The Morgan fingerprint density at radius 1 is 1.45 bits per heavy atom. The van der Waals surface area contributed by atoms with Gasteiger partial charge in [0.15, 0.2) is 0 Å². The summed E-state index contributed by atoms with van der Waals surface area (Å²) in [4.78, 5) is 15.2. The first-order valence-corrected chi connectivity index (χ1v) is 7.77. The number of anilines is 2. The molecule has 0 fully saturated rings. The molecule has 106 valence electrons. The molecule has 6 heteroatoms. The second kappa shape index (κ2) is 6.88. The lowest BCUT2D eigenvalue weighted by atomic mass is 10.3. The Hall–Kier alpha value is -1.37. The standard InChI is InChI=1S/C14H16BrN3OS/c1-18(8-11-3-2-6-20-11)9-14(19)17-13-5-4-10(16)7-12(13)15/h2-7H,8-9,16H2,1H3,(H,17,19). The topological polar surface area (TPSA) is 58.4 Å². The molecular formula is C14H16BrN3OS. The van der Waals surface area contributed by atoms with Gasteiger partial charge in [-0.2, -0.15) is 0 Å². The molecular weight excluding hydrogens is 338 g/mol. The van der Waals surface area contributed by atoms with E-state index in [0.29, 0.717) is 12.2 Å². The second-order valence-corrected chi connectivity index (χ2v) is 6.43. The fourth-order valence-corrected chi connectivity index (χ4v) is 3.07. The van der Waals surface area contributed by atoms with Crippen molar-refractivity contribution in [1.29, 1.82) is 0 Å². The van der Waals surface area contributed by atoms with E-state index in [0.717, 1.165) is 16.7 Å². The lowest BCUT2D eigenvalue weighted by molar-refractivity contribution is -0.117. The third kappa shape index (κ3) is 4.33. The fraction of sp³-hybridized carbons (Fsp3) is 0.214. The molecule has 20 heavy (non-hydrogen) atoms. The Bertz CT molecular complexity index is 586. The van der Waals surface area contributed by atoms with Crippen LogP contribution in [0.3, 0.4) is 0 Å². The predicted molar refractivity (Wildman–Crippen MR) is 87.8 cm³/mol. The van der Waals surface area contributed by atoms with Crippen LogP contribution in [0.5, 0.6) is 0 Å². The van der Waals surface area contributed by atoms with E-state index in [1.54, 1.807) is 29.5 Å².